The maximum Gasteiger partial charge on any atom is 0.103 e. The first kappa shape index (κ1) is 11.7. The van der Waals surface area contributed by atoms with Crippen molar-refractivity contribution in [1.82, 2.24) is 5.32 Å². The van der Waals surface area contributed by atoms with Crippen molar-refractivity contribution < 1.29 is 9.15 Å². The molecule has 0 aromatic carbocycles. The van der Waals surface area contributed by atoms with Crippen LogP contribution in [0.15, 0.2) is 22.8 Å². The highest BCUT2D eigenvalue weighted by Crippen LogP contribution is 2.25. The third kappa shape index (κ3) is 3.09. The molecule has 0 saturated carbocycles. The zero-order valence-electron chi connectivity index (χ0n) is 10.2. The van der Waals surface area contributed by atoms with Gasteiger partial charge in [-0.2, -0.15) is 0 Å². The maximum atomic E-state index is 5.31. The number of aryl methyl sites for hydroxylation is 1. The van der Waals surface area contributed by atoms with Gasteiger partial charge in [-0.15, -0.1) is 0 Å². The molecule has 16 heavy (non-hydrogen) atoms. The number of hydrogen-bond acceptors (Lipinski definition) is 3. The number of hydrogen-bond donors (Lipinski definition) is 1. The maximum absolute atomic E-state index is 5.31. The molecular formula is C13H21NO2. The van der Waals surface area contributed by atoms with Crippen LogP contribution < -0.4 is 5.32 Å². The van der Waals surface area contributed by atoms with Crippen molar-refractivity contribution in [3.63, 3.8) is 0 Å². The van der Waals surface area contributed by atoms with Crippen LogP contribution in [0, 0.1) is 5.41 Å². The van der Waals surface area contributed by atoms with Gasteiger partial charge in [0.05, 0.1) is 19.5 Å². The smallest absolute Gasteiger partial charge is 0.103 e. The lowest BCUT2D eigenvalue weighted by Gasteiger charge is -2.39. The fourth-order valence-corrected chi connectivity index (χ4v) is 1.89. The van der Waals surface area contributed by atoms with Gasteiger partial charge in [0, 0.05) is 24.4 Å². The molecule has 3 nitrogen and oxygen atoms in total. The molecule has 0 amide bonds. The number of nitrogens with one attached hydrogen (secondary N) is 1. The van der Waals surface area contributed by atoms with E-state index in [1.807, 2.05) is 12.1 Å². The van der Waals surface area contributed by atoms with E-state index in [0.29, 0.717) is 11.5 Å². The summed E-state index contributed by atoms with van der Waals surface area (Å²) in [7, 11) is 0. The Kier molecular flexibility index (Phi) is 3.66. The summed E-state index contributed by atoms with van der Waals surface area (Å²) >= 11 is 0. The third-order valence-corrected chi connectivity index (χ3v) is 3.18. The van der Waals surface area contributed by atoms with Gasteiger partial charge in [0.2, 0.25) is 0 Å². The molecule has 1 aliphatic rings. The van der Waals surface area contributed by atoms with E-state index >= 15 is 0 Å². The lowest BCUT2D eigenvalue weighted by Crippen LogP contribution is -2.49. The second-order valence-corrected chi connectivity index (χ2v) is 5.20. The van der Waals surface area contributed by atoms with Crippen LogP contribution in [0.1, 0.15) is 26.0 Å². The quantitative estimate of drug-likeness (QED) is 0.803. The van der Waals surface area contributed by atoms with Gasteiger partial charge in [-0.3, -0.25) is 0 Å². The van der Waals surface area contributed by atoms with E-state index in [-0.39, 0.29) is 0 Å². The standard InChI is InChI=1S/C13H21NO2/c1-11(5-6-12-4-3-7-16-12)14-8-13(2)9-15-10-13/h3-4,7,11,14H,5-6,8-10H2,1-2H3. The third-order valence-electron chi connectivity index (χ3n) is 3.18. The normalized spacial score (nSPS) is 20.4. The van der Waals surface area contributed by atoms with Gasteiger partial charge in [0.1, 0.15) is 5.76 Å². The molecule has 1 aromatic heterocycles. The number of furan rings is 1. The molecule has 1 N–H and O–H groups in total. The topological polar surface area (TPSA) is 34.4 Å². The van der Waals surface area contributed by atoms with Gasteiger partial charge < -0.3 is 14.5 Å². The summed E-state index contributed by atoms with van der Waals surface area (Å²) in [4.78, 5) is 0. The van der Waals surface area contributed by atoms with E-state index < -0.39 is 0 Å². The Balaban J connectivity index is 1.62. The van der Waals surface area contributed by atoms with Crippen LogP contribution >= 0.6 is 0 Å². The molecule has 1 aromatic rings. The van der Waals surface area contributed by atoms with Crippen LogP contribution in [0.5, 0.6) is 0 Å². The molecule has 1 atom stereocenters. The van der Waals surface area contributed by atoms with Crippen LogP contribution in [0.2, 0.25) is 0 Å². The molecule has 3 heteroatoms. The fraction of sp³-hybridized carbons (Fsp3) is 0.692. The average molecular weight is 223 g/mol. The van der Waals surface area contributed by atoms with Crippen molar-refractivity contribution in [2.45, 2.75) is 32.7 Å². The number of ether oxygens (including phenoxy) is 1. The molecule has 2 heterocycles. The molecule has 0 bridgehead atoms. The first-order chi connectivity index (χ1) is 7.68. The van der Waals surface area contributed by atoms with Gasteiger partial charge in [0.25, 0.3) is 0 Å². The molecule has 0 radical (unpaired) electrons. The molecule has 1 fully saturated rings. The Labute approximate surface area is 97.2 Å². The molecule has 2 rings (SSSR count). The van der Waals surface area contributed by atoms with Gasteiger partial charge in [0.15, 0.2) is 0 Å². The predicted octanol–water partition coefficient (Wildman–Crippen LogP) is 2.23. The minimum absolute atomic E-state index is 0.360. The summed E-state index contributed by atoms with van der Waals surface area (Å²) in [6.07, 6.45) is 3.86. The fourth-order valence-electron chi connectivity index (χ4n) is 1.89. The van der Waals surface area contributed by atoms with Crippen LogP contribution in [0.3, 0.4) is 0 Å². The van der Waals surface area contributed by atoms with Crippen molar-refractivity contribution in [1.29, 1.82) is 0 Å². The lowest BCUT2D eigenvalue weighted by atomic mass is 9.88. The molecule has 1 unspecified atom stereocenters. The van der Waals surface area contributed by atoms with Crippen LogP contribution in [0.4, 0.5) is 0 Å². The zero-order chi connectivity index (χ0) is 11.4. The van der Waals surface area contributed by atoms with Gasteiger partial charge >= 0.3 is 0 Å². The van der Waals surface area contributed by atoms with Crippen molar-refractivity contribution in [3.8, 4) is 0 Å². The molecular weight excluding hydrogens is 202 g/mol. The van der Waals surface area contributed by atoms with Crippen molar-refractivity contribution in [3.05, 3.63) is 24.2 Å². The summed E-state index contributed by atoms with van der Waals surface area (Å²) in [5.74, 6) is 1.08. The molecule has 1 aliphatic heterocycles. The number of rotatable bonds is 6. The summed E-state index contributed by atoms with van der Waals surface area (Å²) in [6, 6.07) is 4.51. The van der Waals surface area contributed by atoms with Crippen LogP contribution in [-0.2, 0) is 11.2 Å². The van der Waals surface area contributed by atoms with E-state index in [2.05, 4.69) is 19.2 Å². The van der Waals surface area contributed by atoms with E-state index in [0.717, 1.165) is 38.4 Å². The highest BCUT2D eigenvalue weighted by atomic mass is 16.5. The monoisotopic (exact) mass is 223 g/mol. The highest BCUT2D eigenvalue weighted by molar-refractivity contribution is 4.98. The van der Waals surface area contributed by atoms with Gasteiger partial charge in [-0.1, -0.05) is 6.92 Å². The largest absolute Gasteiger partial charge is 0.469 e. The Morgan fingerprint density at radius 1 is 1.50 bits per heavy atom. The van der Waals surface area contributed by atoms with Gasteiger partial charge in [-0.05, 0) is 25.5 Å². The molecule has 0 aliphatic carbocycles. The Bertz CT molecular complexity index is 304. The van der Waals surface area contributed by atoms with E-state index in [1.54, 1.807) is 6.26 Å². The SMILES string of the molecule is CC(CCc1ccco1)NCC1(C)COC1. The second-order valence-electron chi connectivity index (χ2n) is 5.20. The summed E-state index contributed by atoms with van der Waals surface area (Å²) in [5.41, 5.74) is 0.360. The minimum atomic E-state index is 0.360. The highest BCUT2D eigenvalue weighted by Gasteiger charge is 2.33. The van der Waals surface area contributed by atoms with Crippen molar-refractivity contribution in [2.75, 3.05) is 19.8 Å². The van der Waals surface area contributed by atoms with E-state index in [4.69, 9.17) is 9.15 Å². The van der Waals surface area contributed by atoms with Crippen LogP contribution in [-0.4, -0.2) is 25.8 Å². The second kappa shape index (κ2) is 5.02. The Morgan fingerprint density at radius 2 is 2.31 bits per heavy atom. The predicted molar refractivity (Wildman–Crippen MR) is 63.4 cm³/mol. The molecule has 90 valence electrons. The van der Waals surface area contributed by atoms with E-state index in [9.17, 15) is 0 Å². The summed E-state index contributed by atoms with van der Waals surface area (Å²) < 4.78 is 10.5. The lowest BCUT2D eigenvalue weighted by molar-refractivity contribution is -0.0999. The van der Waals surface area contributed by atoms with E-state index in [1.165, 1.54) is 0 Å². The van der Waals surface area contributed by atoms with Crippen molar-refractivity contribution in [2.24, 2.45) is 5.41 Å². The Morgan fingerprint density at radius 3 is 2.88 bits per heavy atom. The first-order valence-electron chi connectivity index (χ1n) is 6.01. The first-order valence-corrected chi connectivity index (χ1v) is 6.01. The Hall–Kier alpha value is -0.800. The van der Waals surface area contributed by atoms with Gasteiger partial charge in [-0.25, -0.2) is 0 Å². The summed E-state index contributed by atoms with van der Waals surface area (Å²) in [5, 5.41) is 3.57. The average Bonchev–Trinajstić information content (AvgIpc) is 2.73. The molecule has 1 saturated heterocycles. The van der Waals surface area contributed by atoms with Crippen LogP contribution in [0.25, 0.3) is 0 Å². The molecule has 0 spiro atoms. The minimum Gasteiger partial charge on any atom is -0.469 e. The summed E-state index contributed by atoms with van der Waals surface area (Å²) in [6.45, 7) is 7.33. The zero-order valence-corrected chi connectivity index (χ0v) is 10.2. The van der Waals surface area contributed by atoms with Crippen molar-refractivity contribution >= 4 is 0 Å².